The topological polar surface area (TPSA) is 344 Å². The molecule has 16 atom stereocenters. The number of hydrogen-bond acceptors (Lipinski definition) is 18. The van der Waals surface area contributed by atoms with Gasteiger partial charge in [-0.25, -0.2) is 4.79 Å². The Morgan fingerprint density at radius 1 is 0.848 bits per heavy atom. The maximum absolute atomic E-state index is 12.8. The Hall–Kier alpha value is -2.19. The van der Waals surface area contributed by atoms with Crippen LogP contribution in [0.5, 0.6) is 0 Å². The van der Waals surface area contributed by atoms with Crippen molar-refractivity contribution in [3.63, 3.8) is 0 Å². The molecule has 3 saturated heterocycles. The number of carboxylic acid groups (broad SMARTS) is 1. The molecule has 0 aromatic carbocycles. The number of carboxylic acids is 1. The monoisotopic (exact) mass is 674 g/mol. The van der Waals surface area contributed by atoms with Crippen LogP contribution in [0.2, 0.25) is 0 Å². The maximum atomic E-state index is 12.8. The van der Waals surface area contributed by atoms with Crippen molar-refractivity contribution in [3.05, 3.63) is 0 Å². The Balaban J connectivity index is 2.10. The van der Waals surface area contributed by atoms with Gasteiger partial charge in [0.25, 0.3) is 5.79 Å². The summed E-state index contributed by atoms with van der Waals surface area (Å²) in [6.07, 6.45) is -25.7. The lowest BCUT2D eigenvalue weighted by atomic mass is 9.88. The van der Waals surface area contributed by atoms with Crippen molar-refractivity contribution in [3.8, 4) is 0 Å². The van der Waals surface area contributed by atoms with Gasteiger partial charge in [0.15, 0.2) is 12.6 Å². The summed E-state index contributed by atoms with van der Waals surface area (Å²) in [7, 11) is 0. The number of aliphatic hydroxyl groups excluding tert-OH is 10. The third-order valence-corrected chi connectivity index (χ3v) is 7.87. The standard InChI is InChI=1S/C25H42N2O19/c1-7(31)26-13-9(33)3-25(24(40)41,45-20(13)15(35)10(34)4-28)46-21-14(27-8(2)32)22(39)42-12(6-30)19(21)44-23-18(38)17(37)16(36)11(5-29)43-23/h9-23,28-30,33-39H,3-6H2,1-2H3,(H,26,31)(H,27,32)(H,40,41)/t9-,10+,11+,12+,13+,14+,15+,16-,17-,18+,19-,20+,21+,22+,23-,25-/m0/s1. The van der Waals surface area contributed by atoms with Gasteiger partial charge in [-0.15, -0.1) is 0 Å². The fourth-order valence-electron chi connectivity index (χ4n) is 5.56. The van der Waals surface area contributed by atoms with Crippen molar-refractivity contribution >= 4 is 17.8 Å². The van der Waals surface area contributed by atoms with E-state index in [4.69, 9.17) is 23.7 Å². The van der Waals surface area contributed by atoms with E-state index in [0.717, 1.165) is 13.8 Å². The molecule has 266 valence electrons. The van der Waals surface area contributed by atoms with Crippen molar-refractivity contribution in [1.82, 2.24) is 10.6 Å². The Morgan fingerprint density at radius 2 is 1.43 bits per heavy atom. The molecule has 0 bridgehead atoms. The van der Waals surface area contributed by atoms with Crippen LogP contribution in [-0.4, -0.2) is 191 Å². The van der Waals surface area contributed by atoms with Crippen LogP contribution in [0.1, 0.15) is 20.3 Å². The molecule has 3 aliphatic rings. The lowest BCUT2D eigenvalue weighted by Gasteiger charge is -2.51. The van der Waals surface area contributed by atoms with Crippen molar-refractivity contribution in [2.45, 2.75) is 118 Å². The van der Waals surface area contributed by atoms with Crippen LogP contribution in [0, 0.1) is 0 Å². The van der Waals surface area contributed by atoms with Gasteiger partial charge in [0.05, 0.1) is 32.0 Å². The zero-order valence-corrected chi connectivity index (χ0v) is 24.7. The number of aliphatic hydroxyl groups is 10. The van der Waals surface area contributed by atoms with Crippen LogP contribution in [-0.2, 0) is 38.1 Å². The lowest BCUT2D eigenvalue weighted by Crippen LogP contribution is -2.72. The lowest BCUT2D eigenvalue weighted by molar-refractivity contribution is -0.378. The maximum Gasteiger partial charge on any atom is 0.364 e. The average Bonchev–Trinajstić information content (AvgIpc) is 2.99. The molecule has 3 aliphatic heterocycles. The zero-order chi connectivity index (χ0) is 34.7. The van der Waals surface area contributed by atoms with E-state index in [9.17, 15) is 70.6 Å². The molecule has 0 aromatic heterocycles. The normalized spacial score (nSPS) is 42.9. The Kier molecular flexibility index (Phi) is 13.1. The summed E-state index contributed by atoms with van der Waals surface area (Å²) in [4.78, 5) is 36.8. The molecule has 0 spiro atoms. The van der Waals surface area contributed by atoms with Gasteiger partial charge in [0.1, 0.15) is 67.1 Å². The molecule has 0 saturated carbocycles. The van der Waals surface area contributed by atoms with E-state index in [1.165, 1.54) is 0 Å². The Labute approximate surface area is 260 Å². The van der Waals surface area contributed by atoms with Crippen molar-refractivity contribution < 1.29 is 94.2 Å². The van der Waals surface area contributed by atoms with Gasteiger partial charge < -0.3 is 90.5 Å². The van der Waals surface area contributed by atoms with Gasteiger partial charge in [-0.05, 0) is 0 Å². The zero-order valence-electron chi connectivity index (χ0n) is 24.7. The molecular formula is C25H42N2O19. The predicted molar refractivity (Wildman–Crippen MR) is 142 cm³/mol. The molecule has 0 radical (unpaired) electrons. The SMILES string of the molecule is CC(=O)N[C@@H]1[C@@H](O[C@]2(C(=O)O)C[C@H](O)[C@@H](NC(C)=O)[C@H]([C@H](O)[C@H](O)CO)O2)[C@@H](O[C@@H]2O[C@H](CO)[C@H](O)[C@H](O)[C@H]2O)[C@@H](CO)O[C@H]1O. The average molecular weight is 675 g/mol. The highest BCUT2D eigenvalue weighted by atomic mass is 16.8. The molecule has 21 nitrogen and oxygen atoms in total. The number of carbonyl (C=O) groups excluding carboxylic acids is 2. The predicted octanol–water partition coefficient (Wildman–Crippen LogP) is -8.08. The molecule has 0 unspecified atom stereocenters. The quantitative estimate of drug-likeness (QED) is 0.0913. The fourth-order valence-corrected chi connectivity index (χ4v) is 5.56. The first-order chi connectivity index (χ1) is 21.5. The third-order valence-electron chi connectivity index (χ3n) is 7.87. The number of rotatable bonds is 12. The van der Waals surface area contributed by atoms with Crippen molar-refractivity contribution in [2.75, 3.05) is 19.8 Å². The summed E-state index contributed by atoms with van der Waals surface area (Å²) in [6, 6.07) is -3.32. The summed E-state index contributed by atoms with van der Waals surface area (Å²) < 4.78 is 27.9. The summed E-state index contributed by atoms with van der Waals surface area (Å²) in [6.45, 7) is -0.871. The van der Waals surface area contributed by atoms with Gasteiger partial charge >= 0.3 is 5.97 Å². The molecule has 13 N–H and O–H groups in total. The van der Waals surface area contributed by atoms with E-state index < -0.39 is 142 Å². The highest BCUT2D eigenvalue weighted by Gasteiger charge is 2.60. The first-order valence-corrected chi connectivity index (χ1v) is 14.2. The van der Waals surface area contributed by atoms with Crippen LogP contribution >= 0.6 is 0 Å². The first-order valence-electron chi connectivity index (χ1n) is 14.2. The number of hydrogen-bond donors (Lipinski definition) is 13. The number of aliphatic carboxylic acids is 1. The number of carbonyl (C=O) groups is 3. The smallest absolute Gasteiger partial charge is 0.364 e. The van der Waals surface area contributed by atoms with Crippen molar-refractivity contribution in [1.29, 1.82) is 0 Å². The number of nitrogens with one attached hydrogen (secondary N) is 2. The van der Waals surface area contributed by atoms with Gasteiger partial charge in [-0.1, -0.05) is 0 Å². The summed E-state index contributed by atoms with van der Waals surface area (Å²) in [5.74, 6) is -6.61. The van der Waals surface area contributed by atoms with Crippen LogP contribution in [0.25, 0.3) is 0 Å². The largest absolute Gasteiger partial charge is 0.477 e. The van der Waals surface area contributed by atoms with Crippen LogP contribution in [0.3, 0.4) is 0 Å². The molecule has 46 heavy (non-hydrogen) atoms. The molecule has 3 fully saturated rings. The molecule has 0 aliphatic carbocycles. The minimum Gasteiger partial charge on any atom is -0.477 e. The minimum absolute atomic E-state index is 0.760. The van der Waals surface area contributed by atoms with Gasteiger partial charge in [0.2, 0.25) is 11.8 Å². The molecule has 3 rings (SSSR count). The summed E-state index contributed by atoms with van der Waals surface area (Å²) in [5, 5.41) is 117. The van der Waals surface area contributed by atoms with E-state index in [-0.39, 0.29) is 0 Å². The second-order valence-corrected chi connectivity index (χ2v) is 11.2. The second-order valence-electron chi connectivity index (χ2n) is 11.2. The first kappa shape index (κ1) is 38.3. The Bertz CT molecular complexity index is 1050. The summed E-state index contributed by atoms with van der Waals surface area (Å²) >= 11 is 0. The highest BCUT2D eigenvalue weighted by Crippen LogP contribution is 2.38. The van der Waals surface area contributed by atoms with Gasteiger partial charge in [-0.2, -0.15) is 0 Å². The van der Waals surface area contributed by atoms with E-state index in [1.807, 2.05) is 0 Å². The molecule has 21 heteroatoms. The molecular weight excluding hydrogens is 632 g/mol. The van der Waals surface area contributed by atoms with Gasteiger partial charge in [0, 0.05) is 20.3 Å². The fraction of sp³-hybridized carbons (Fsp3) is 0.880. The van der Waals surface area contributed by atoms with E-state index in [1.54, 1.807) is 0 Å². The van der Waals surface area contributed by atoms with E-state index in [2.05, 4.69) is 10.6 Å². The minimum atomic E-state index is -3.05. The second kappa shape index (κ2) is 15.8. The Morgan fingerprint density at radius 3 is 1.96 bits per heavy atom. The number of ether oxygens (including phenoxy) is 5. The van der Waals surface area contributed by atoms with Crippen LogP contribution in [0.15, 0.2) is 0 Å². The van der Waals surface area contributed by atoms with E-state index >= 15 is 0 Å². The van der Waals surface area contributed by atoms with Crippen molar-refractivity contribution in [2.24, 2.45) is 0 Å². The van der Waals surface area contributed by atoms with Crippen LogP contribution in [0.4, 0.5) is 0 Å². The summed E-state index contributed by atoms with van der Waals surface area (Å²) in [5.41, 5.74) is 0. The molecule has 2 amide bonds. The van der Waals surface area contributed by atoms with Crippen LogP contribution < -0.4 is 10.6 Å². The van der Waals surface area contributed by atoms with E-state index in [0.29, 0.717) is 0 Å². The highest BCUT2D eigenvalue weighted by molar-refractivity contribution is 5.77. The number of amides is 2. The van der Waals surface area contributed by atoms with Gasteiger partial charge in [-0.3, -0.25) is 9.59 Å². The third kappa shape index (κ3) is 8.08. The molecule has 0 aromatic rings. The molecule has 3 heterocycles.